The highest BCUT2D eigenvalue weighted by Gasteiger charge is 2.31. The third-order valence-corrected chi connectivity index (χ3v) is 6.37. The number of sulfone groups is 1. The average molecular weight is 352 g/mol. The summed E-state index contributed by atoms with van der Waals surface area (Å²) in [5.74, 6) is 1.07. The molecule has 1 fully saturated rings. The molecule has 1 saturated heterocycles. The highest BCUT2D eigenvalue weighted by molar-refractivity contribution is 7.91. The molecule has 1 N–H and O–H groups in total. The van der Waals surface area contributed by atoms with Crippen LogP contribution in [0.1, 0.15) is 16.1 Å². The van der Waals surface area contributed by atoms with Crippen LogP contribution in [0, 0.1) is 0 Å². The third-order valence-electron chi connectivity index (χ3n) is 3.75. The second-order valence-corrected chi connectivity index (χ2v) is 8.55. The quantitative estimate of drug-likeness (QED) is 0.894. The van der Waals surface area contributed by atoms with E-state index < -0.39 is 9.84 Å². The Morgan fingerprint density at radius 3 is 2.74 bits per heavy atom. The van der Waals surface area contributed by atoms with Crippen LogP contribution in [-0.4, -0.2) is 49.1 Å². The van der Waals surface area contributed by atoms with E-state index in [2.05, 4.69) is 15.5 Å². The number of nitrogens with zero attached hydrogens (tertiary/aromatic N) is 3. The van der Waals surface area contributed by atoms with Gasteiger partial charge in [-0.15, -0.1) is 21.5 Å². The number of anilines is 2. The first kappa shape index (κ1) is 15.9. The summed E-state index contributed by atoms with van der Waals surface area (Å²) < 4.78 is 23.1. The van der Waals surface area contributed by atoms with Gasteiger partial charge >= 0.3 is 0 Å². The maximum absolute atomic E-state index is 11.9. The highest BCUT2D eigenvalue weighted by Crippen LogP contribution is 2.21. The van der Waals surface area contributed by atoms with Crippen LogP contribution in [0.25, 0.3) is 0 Å². The number of amides is 1. The van der Waals surface area contributed by atoms with E-state index in [4.69, 9.17) is 0 Å². The van der Waals surface area contributed by atoms with Crippen molar-refractivity contribution in [2.75, 3.05) is 28.8 Å². The van der Waals surface area contributed by atoms with E-state index in [0.717, 1.165) is 0 Å². The van der Waals surface area contributed by atoms with Gasteiger partial charge in [0.15, 0.2) is 21.5 Å². The normalized spacial score (nSPS) is 19.4. The molecule has 0 aromatic carbocycles. The van der Waals surface area contributed by atoms with Crippen LogP contribution in [-0.2, 0) is 9.84 Å². The van der Waals surface area contributed by atoms with Crippen LogP contribution in [0.3, 0.4) is 0 Å². The molecule has 1 amide bonds. The Morgan fingerprint density at radius 2 is 2.17 bits per heavy atom. The van der Waals surface area contributed by atoms with Crippen molar-refractivity contribution in [2.45, 2.75) is 12.5 Å². The lowest BCUT2D eigenvalue weighted by Crippen LogP contribution is -2.33. The summed E-state index contributed by atoms with van der Waals surface area (Å²) in [7, 11) is -1.14. The first-order valence-electron chi connectivity index (χ1n) is 7.06. The number of hydrogen-bond acceptors (Lipinski definition) is 7. The first-order valence-corrected chi connectivity index (χ1v) is 9.76. The molecule has 2 aromatic heterocycles. The lowest BCUT2D eigenvalue weighted by Gasteiger charge is -2.23. The Balaban J connectivity index is 1.66. The minimum absolute atomic E-state index is 0.0825. The van der Waals surface area contributed by atoms with Crippen molar-refractivity contribution in [2.24, 2.45) is 0 Å². The molecule has 2 aromatic rings. The van der Waals surface area contributed by atoms with Gasteiger partial charge in [0.1, 0.15) is 0 Å². The Hall–Kier alpha value is -2.00. The molecule has 0 spiro atoms. The molecule has 0 saturated carbocycles. The van der Waals surface area contributed by atoms with E-state index in [1.165, 1.54) is 11.3 Å². The van der Waals surface area contributed by atoms with Gasteiger partial charge in [0.2, 0.25) is 0 Å². The smallest absolute Gasteiger partial charge is 0.266 e. The van der Waals surface area contributed by atoms with Crippen molar-refractivity contribution < 1.29 is 13.2 Å². The average Bonchev–Trinajstić information content (AvgIpc) is 3.17. The number of thiophene rings is 1. The zero-order valence-electron chi connectivity index (χ0n) is 12.5. The molecule has 3 rings (SSSR count). The number of carbonyl (C=O) groups is 1. The zero-order valence-corrected chi connectivity index (χ0v) is 14.1. The topological polar surface area (TPSA) is 92.3 Å². The highest BCUT2D eigenvalue weighted by atomic mass is 32.2. The molecule has 1 unspecified atom stereocenters. The van der Waals surface area contributed by atoms with E-state index in [1.54, 1.807) is 31.3 Å². The molecule has 122 valence electrons. The molecule has 23 heavy (non-hydrogen) atoms. The van der Waals surface area contributed by atoms with Crippen LogP contribution in [0.5, 0.6) is 0 Å². The molecule has 0 radical (unpaired) electrons. The fourth-order valence-electron chi connectivity index (χ4n) is 2.43. The van der Waals surface area contributed by atoms with Gasteiger partial charge in [-0.2, -0.15) is 0 Å². The van der Waals surface area contributed by atoms with Gasteiger partial charge < -0.3 is 10.2 Å². The molecule has 1 aliphatic rings. The van der Waals surface area contributed by atoms with E-state index >= 15 is 0 Å². The summed E-state index contributed by atoms with van der Waals surface area (Å²) in [4.78, 5) is 14.4. The number of hydrogen-bond donors (Lipinski definition) is 1. The Kier molecular flexibility index (Phi) is 4.31. The second-order valence-electron chi connectivity index (χ2n) is 5.38. The minimum atomic E-state index is -2.94. The molecular formula is C14H16N4O3S2. The fourth-order valence-corrected chi connectivity index (χ4v) is 4.83. The lowest BCUT2D eigenvalue weighted by atomic mass is 10.2. The van der Waals surface area contributed by atoms with Gasteiger partial charge in [0, 0.05) is 13.1 Å². The first-order chi connectivity index (χ1) is 10.9. The van der Waals surface area contributed by atoms with Gasteiger partial charge in [-0.25, -0.2) is 8.42 Å². The summed E-state index contributed by atoms with van der Waals surface area (Å²) in [6.07, 6.45) is 0.595. The van der Waals surface area contributed by atoms with Crippen LogP contribution in [0.15, 0.2) is 29.6 Å². The molecule has 1 atom stereocenters. The predicted molar refractivity (Wildman–Crippen MR) is 89.8 cm³/mol. The third kappa shape index (κ3) is 3.67. The summed E-state index contributed by atoms with van der Waals surface area (Å²) in [5, 5.41) is 12.6. The van der Waals surface area contributed by atoms with Crippen LogP contribution < -0.4 is 10.2 Å². The monoisotopic (exact) mass is 352 g/mol. The van der Waals surface area contributed by atoms with Gasteiger partial charge in [-0.05, 0) is 30.0 Å². The van der Waals surface area contributed by atoms with Gasteiger partial charge in [-0.3, -0.25) is 4.79 Å². The van der Waals surface area contributed by atoms with Gasteiger partial charge in [-0.1, -0.05) is 6.07 Å². The van der Waals surface area contributed by atoms with E-state index in [9.17, 15) is 13.2 Å². The molecule has 1 aliphatic heterocycles. The minimum Gasteiger partial charge on any atom is -0.354 e. The summed E-state index contributed by atoms with van der Waals surface area (Å²) in [5.41, 5.74) is 0. The van der Waals surface area contributed by atoms with E-state index in [-0.39, 0.29) is 23.5 Å². The predicted octanol–water partition coefficient (Wildman–Crippen LogP) is 1.41. The van der Waals surface area contributed by atoms with Crippen molar-refractivity contribution in [3.8, 4) is 0 Å². The van der Waals surface area contributed by atoms with Crippen molar-refractivity contribution in [3.05, 3.63) is 34.5 Å². The Labute approximate surface area is 138 Å². The van der Waals surface area contributed by atoms with Crippen LogP contribution in [0.4, 0.5) is 11.6 Å². The van der Waals surface area contributed by atoms with Crippen molar-refractivity contribution >= 4 is 38.7 Å². The van der Waals surface area contributed by atoms with Crippen LogP contribution in [0.2, 0.25) is 0 Å². The fraction of sp³-hybridized carbons (Fsp3) is 0.357. The summed E-state index contributed by atoms with van der Waals surface area (Å²) in [6.45, 7) is 0. The largest absolute Gasteiger partial charge is 0.354 e. The maximum atomic E-state index is 11.9. The number of rotatable bonds is 4. The number of aromatic nitrogens is 2. The van der Waals surface area contributed by atoms with Crippen molar-refractivity contribution in [3.63, 3.8) is 0 Å². The molecule has 7 nitrogen and oxygen atoms in total. The van der Waals surface area contributed by atoms with Crippen molar-refractivity contribution in [1.82, 2.24) is 10.2 Å². The standard InChI is InChI=1S/C14H16N4O3S2/c1-18(10-6-8-23(20,21)9-10)13-5-4-12(16-17-13)15-14(19)11-3-2-7-22-11/h2-5,7,10H,6,8-9H2,1H3,(H,15,16,19). The van der Waals surface area contributed by atoms with Crippen LogP contribution >= 0.6 is 11.3 Å². The Morgan fingerprint density at radius 1 is 1.35 bits per heavy atom. The number of nitrogens with one attached hydrogen (secondary N) is 1. The Bertz CT molecular complexity index is 788. The summed E-state index contributed by atoms with van der Waals surface area (Å²) >= 11 is 1.35. The van der Waals surface area contributed by atoms with E-state index in [1.807, 2.05) is 10.3 Å². The lowest BCUT2D eigenvalue weighted by molar-refractivity contribution is 0.103. The molecule has 0 aliphatic carbocycles. The molecule has 3 heterocycles. The maximum Gasteiger partial charge on any atom is 0.266 e. The zero-order chi connectivity index (χ0) is 16.4. The van der Waals surface area contributed by atoms with E-state index in [0.29, 0.717) is 22.9 Å². The molecular weight excluding hydrogens is 336 g/mol. The molecule has 9 heteroatoms. The summed E-state index contributed by atoms with van der Waals surface area (Å²) in [6, 6.07) is 6.84. The van der Waals surface area contributed by atoms with Gasteiger partial charge in [0.05, 0.1) is 16.4 Å². The molecule has 0 bridgehead atoms. The second kappa shape index (κ2) is 6.25. The SMILES string of the molecule is CN(c1ccc(NC(=O)c2cccs2)nn1)C1CCS(=O)(=O)C1. The van der Waals surface area contributed by atoms with Gasteiger partial charge in [0.25, 0.3) is 5.91 Å². The van der Waals surface area contributed by atoms with Crippen molar-refractivity contribution in [1.29, 1.82) is 0 Å². The number of carbonyl (C=O) groups excluding carboxylic acids is 1.